The van der Waals surface area contributed by atoms with E-state index >= 15 is 0 Å². The molecule has 1 heterocycles. The maximum Gasteiger partial charge on any atom is 0.220 e. The third-order valence-corrected chi connectivity index (χ3v) is 5.62. The van der Waals surface area contributed by atoms with E-state index in [4.69, 9.17) is 4.42 Å². The molecule has 4 rings (SSSR count). The summed E-state index contributed by atoms with van der Waals surface area (Å²) in [5.74, 6) is 3.51. The van der Waals surface area contributed by atoms with Crippen LogP contribution in [0, 0.1) is 5.92 Å². The average Bonchev–Trinajstić information content (AvgIpc) is 3.50. The number of hydrogen-bond donors (Lipinski definition) is 1. The molecule has 0 bridgehead atoms. The molecule has 3 heteroatoms. The Bertz CT molecular complexity index is 714. The summed E-state index contributed by atoms with van der Waals surface area (Å²) in [6.45, 7) is 3.00. The highest BCUT2D eigenvalue weighted by atomic mass is 16.3. The maximum absolute atomic E-state index is 12.2. The van der Waals surface area contributed by atoms with E-state index in [0.29, 0.717) is 18.8 Å². The van der Waals surface area contributed by atoms with Crippen molar-refractivity contribution < 1.29 is 9.21 Å². The lowest BCUT2D eigenvalue weighted by Crippen LogP contribution is -2.32. The second-order valence-corrected chi connectivity index (χ2v) is 7.55. The Balaban J connectivity index is 1.25. The maximum atomic E-state index is 12.2. The van der Waals surface area contributed by atoms with Gasteiger partial charge in [0.05, 0.1) is 0 Å². The van der Waals surface area contributed by atoms with Crippen LogP contribution in [0.15, 0.2) is 46.9 Å². The number of carbonyl (C=O) groups excluding carboxylic acids is 1. The average molecular weight is 323 g/mol. The first-order valence-corrected chi connectivity index (χ1v) is 9.07. The molecule has 0 radical (unpaired) electrons. The molecular formula is C21H25NO2. The Morgan fingerprint density at radius 1 is 1.21 bits per heavy atom. The van der Waals surface area contributed by atoms with Crippen LogP contribution in [0.4, 0.5) is 0 Å². The Morgan fingerprint density at radius 2 is 1.96 bits per heavy atom. The summed E-state index contributed by atoms with van der Waals surface area (Å²) >= 11 is 0. The highest BCUT2D eigenvalue weighted by Crippen LogP contribution is 2.48. The van der Waals surface area contributed by atoms with E-state index in [-0.39, 0.29) is 11.3 Å². The zero-order valence-corrected chi connectivity index (χ0v) is 14.3. The van der Waals surface area contributed by atoms with Crippen molar-refractivity contribution in [3.05, 3.63) is 59.5 Å². The molecule has 0 spiro atoms. The fourth-order valence-electron chi connectivity index (χ4n) is 3.55. The van der Waals surface area contributed by atoms with Crippen molar-refractivity contribution in [2.45, 2.75) is 50.4 Å². The number of furan rings is 1. The molecule has 2 aromatic rings. The molecule has 24 heavy (non-hydrogen) atoms. The molecule has 2 aliphatic carbocycles. The van der Waals surface area contributed by atoms with Crippen molar-refractivity contribution in [3.8, 4) is 0 Å². The SMILES string of the molecule is C[C@@H]1C[C@@H]1c1ccc(CCC(=O)NCC2(c3ccccc3)CC2)o1. The van der Waals surface area contributed by atoms with E-state index in [1.54, 1.807) is 0 Å². The zero-order chi connectivity index (χ0) is 16.6. The summed E-state index contributed by atoms with van der Waals surface area (Å²) < 4.78 is 5.88. The molecule has 1 N–H and O–H groups in total. The Labute approximate surface area is 143 Å². The molecule has 1 amide bonds. The zero-order valence-electron chi connectivity index (χ0n) is 14.3. The predicted octanol–water partition coefficient (Wildman–Crippen LogP) is 4.18. The monoisotopic (exact) mass is 323 g/mol. The predicted molar refractivity (Wildman–Crippen MR) is 93.9 cm³/mol. The van der Waals surface area contributed by atoms with Gasteiger partial charge in [-0.3, -0.25) is 4.79 Å². The number of carbonyl (C=O) groups is 1. The van der Waals surface area contributed by atoms with Gasteiger partial charge in [0.2, 0.25) is 5.91 Å². The smallest absolute Gasteiger partial charge is 0.220 e. The number of amides is 1. The number of benzene rings is 1. The van der Waals surface area contributed by atoms with E-state index in [0.717, 1.165) is 24.0 Å². The molecule has 0 aliphatic heterocycles. The number of nitrogens with one attached hydrogen (secondary N) is 1. The van der Waals surface area contributed by atoms with Crippen LogP contribution < -0.4 is 5.32 Å². The Kier molecular flexibility index (Phi) is 3.95. The second-order valence-electron chi connectivity index (χ2n) is 7.55. The van der Waals surface area contributed by atoms with Gasteiger partial charge in [-0.15, -0.1) is 0 Å². The summed E-state index contributed by atoms with van der Waals surface area (Å²) in [5, 5.41) is 3.12. The molecule has 2 fully saturated rings. The standard InChI is InChI=1S/C21H25NO2/c1-15-13-18(15)19-9-7-17(24-19)8-10-20(23)22-14-21(11-12-21)16-5-3-2-4-6-16/h2-7,9,15,18H,8,10-14H2,1H3,(H,22,23)/t15-,18+/m1/s1. The van der Waals surface area contributed by atoms with Crippen molar-refractivity contribution in [2.75, 3.05) is 6.54 Å². The molecule has 2 aliphatic rings. The quantitative estimate of drug-likeness (QED) is 0.830. The molecule has 0 unspecified atom stereocenters. The minimum atomic E-state index is 0.120. The molecule has 3 nitrogen and oxygen atoms in total. The van der Waals surface area contributed by atoms with Crippen LogP contribution in [0.5, 0.6) is 0 Å². The van der Waals surface area contributed by atoms with Crippen molar-refractivity contribution >= 4 is 5.91 Å². The van der Waals surface area contributed by atoms with Crippen molar-refractivity contribution in [3.63, 3.8) is 0 Å². The van der Waals surface area contributed by atoms with Gasteiger partial charge in [0.25, 0.3) is 0 Å². The number of aryl methyl sites for hydroxylation is 1. The molecule has 1 aromatic heterocycles. The van der Waals surface area contributed by atoms with Gasteiger partial charge in [-0.2, -0.15) is 0 Å². The van der Waals surface area contributed by atoms with E-state index in [9.17, 15) is 4.79 Å². The van der Waals surface area contributed by atoms with Gasteiger partial charge in [-0.05, 0) is 42.9 Å². The van der Waals surface area contributed by atoms with Gasteiger partial charge >= 0.3 is 0 Å². The fraction of sp³-hybridized carbons (Fsp3) is 0.476. The van der Waals surface area contributed by atoms with Gasteiger partial charge in [0.1, 0.15) is 11.5 Å². The summed E-state index contributed by atoms with van der Waals surface area (Å²) in [7, 11) is 0. The lowest BCUT2D eigenvalue weighted by Gasteiger charge is -2.16. The lowest BCUT2D eigenvalue weighted by atomic mass is 9.96. The molecule has 2 atom stereocenters. The van der Waals surface area contributed by atoms with Crippen LogP contribution in [0.25, 0.3) is 0 Å². The minimum absolute atomic E-state index is 0.120. The normalized spacial score (nSPS) is 23.7. The van der Waals surface area contributed by atoms with Crippen LogP contribution in [-0.4, -0.2) is 12.5 Å². The largest absolute Gasteiger partial charge is 0.466 e. The van der Waals surface area contributed by atoms with E-state index < -0.39 is 0 Å². The Morgan fingerprint density at radius 3 is 2.62 bits per heavy atom. The van der Waals surface area contributed by atoms with Crippen LogP contribution in [0.2, 0.25) is 0 Å². The molecule has 1 aromatic carbocycles. The highest BCUT2D eigenvalue weighted by molar-refractivity contribution is 5.76. The van der Waals surface area contributed by atoms with Crippen molar-refractivity contribution in [1.29, 1.82) is 0 Å². The van der Waals surface area contributed by atoms with E-state index in [1.165, 1.54) is 24.8 Å². The topological polar surface area (TPSA) is 42.2 Å². The van der Waals surface area contributed by atoms with Crippen LogP contribution in [0.1, 0.15) is 55.6 Å². The van der Waals surface area contributed by atoms with Crippen LogP contribution >= 0.6 is 0 Å². The van der Waals surface area contributed by atoms with Crippen molar-refractivity contribution in [1.82, 2.24) is 5.32 Å². The molecule has 126 valence electrons. The van der Waals surface area contributed by atoms with Crippen LogP contribution in [-0.2, 0) is 16.6 Å². The van der Waals surface area contributed by atoms with Gasteiger partial charge in [0.15, 0.2) is 0 Å². The third-order valence-electron chi connectivity index (χ3n) is 5.62. The lowest BCUT2D eigenvalue weighted by molar-refractivity contribution is -0.121. The first-order chi connectivity index (χ1) is 11.7. The Hall–Kier alpha value is -2.03. The summed E-state index contributed by atoms with van der Waals surface area (Å²) in [4.78, 5) is 12.2. The first-order valence-electron chi connectivity index (χ1n) is 9.07. The molecule has 0 saturated heterocycles. The fourth-order valence-corrected chi connectivity index (χ4v) is 3.55. The summed E-state index contributed by atoms with van der Waals surface area (Å²) in [6.07, 6.45) is 4.75. The summed E-state index contributed by atoms with van der Waals surface area (Å²) in [5.41, 5.74) is 1.52. The highest BCUT2D eigenvalue weighted by Gasteiger charge is 2.44. The van der Waals surface area contributed by atoms with Gasteiger partial charge in [0, 0.05) is 30.7 Å². The van der Waals surface area contributed by atoms with E-state index in [1.807, 2.05) is 12.1 Å². The van der Waals surface area contributed by atoms with E-state index in [2.05, 4.69) is 42.6 Å². The first kappa shape index (κ1) is 15.5. The van der Waals surface area contributed by atoms with Gasteiger partial charge in [-0.25, -0.2) is 0 Å². The molecule has 2 saturated carbocycles. The number of rotatable bonds is 7. The van der Waals surface area contributed by atoms with Crippen LogP contribution in [0.3, 0.4) is 0 Å². The third kappa shape index (κ3) is 3.26. The van der Waals surface area contributed by atoms with Gasteiger partial charge < -0.3 is 9.73 Å². The summed E-state index contributed by atoms with van der Waals surface area (Å²) in [6, 6.07) is 14.6. The number of hydrogen-bond acceptors (Lipinski definition) is 2. The minimum Gasteiger partial charge on any atom is -0.466 e. The second kappa shape index (κ2) is 6.12. The van der Waals surface area contributed by atoms with Crippen molar-refractivity contribution in [2.24, 2.45) is 5.92 Å². The van der Waals surface area contributed by atoms with Gasteiger partial charge in [-0.1, -0.05) is 37.3 Å². The molecular weight excluding hydrogens is 298 g/mol.